The summed E-state index contributed by atoms with van der Waals surface area (Å²) in [5, 5.41) is 5.18. The molecule has 2 aromatic carbocycles. The second kappa shape index (κ2) is 6.95. The molecule has 0 aliphatic carbocycles. The second-order valence-electron chi connectivity index (χ2n) is 5.21. The number of nitrogens with one attached hydrogen (secondary N) is 2. The maximum Gasteiger partial charge on any atom is 0.418 e. The molecule has 0 aliphatic rings. The van der Waals surface area contributed by atoms with Crippen molar-refractivity contribution in [2.24, 2.45) is 0 Å². The monoisotopic (exact) mass is 366 g/mol. The summed E-state index contributed by atoms with van der Waals surface area (Å²) in [5.74, 6) is -1.37. The van der Waals surface area contributed by atoms with Crippen LogP contribution in [0, 0.1) is 11.6 Å². The predicted octanol–water partition coefficient (Wildman–Crippen LogP) is 5.26. The Hall–Kier alpha value is -3.23. The predicted molar refractivity (Wildman–Crippen MR) is 86.4 cm³/mol. The zero-order valence-electron chi connectivity index (χ0n) is 13.0. The summed E-state index contributed by atoms with van der Waals surface area (Å²) in [4.78, 5) is 7.72. The first-order chi connectivity index (χ1) is 12.3. The fourth-order valence-corrected chi connectivity index (χ4v) is 2.20. The van der Waals surface area contributed by atoms with E-state index in [1.165, 1.54) is 30.3 Å². The molecule has 0 aliphatic heterocycles. The van der Waals surface area contributed by atoms with Crippen molar-refractivity contribution in [3.05, 3.63) is 72.1 Å². The molecule has 0 atom stereocenters. The lowest BCUT2D eigenvalue weighted by Crippen LogP contribution is -2.09. The van der Waals surface area contributed by atoms with E-state index in [1.807, 2.05) is 0 Å². The van der Waals surface area contributed by atoms with Crippen molar-refractivity contribution in [2.75, 3.05) is 10.6 Å². The third kappa shape index (κ3) is 4.05. The zero-order valence-corrected chi connectivity index (χ0v) is 13.0. The first-order valence-corrected chi connectivity index (χ1v) is 7.30. The topological polar surface area (TPSA) is 49.8 Å². The van der Waals surface area contributed by atoms with Crippen molar-refractivity contribution in [1.29, 1.82) is 0 Å². The number of aromatic nitrogens is 2. The highest BCUT2D eigenvalue weighted by Gasteiger charge is 2.33. The molecule has 0 saturated carbocycles. The molecule has 134 valence electrons. The van der Waals surface area contributed by atoms with Gasteiger partial charge in [-0.05, 0) is 24.3 Å². The summed E-state index contributed by atoms with van der Waals surface area (Å²) in [5.41, 5.74) is -1.07. The van der Waals surface area contributed by atoms with Crippen molar-refractivity contribution >= 4 is 23.0 Å². The van der Waals surface area contributed by atoms with Gasteiger partial charge in [-0.2, -0.15) is 13.2 Å². The Morgan fingerprint density at radius 1 is 0.769 bits per heavy atom. The van der Waals surface area contributed by atoms with Crippen LogP contribution in [0.1, 0.15) is 5.56 Å². The van der Waals surface area contributed by atoms with Gasteiger partial charge < -0.3 is 10.6 Å². The molecule has 0 spiro atoms. The summed E-state index contributed by atoms with van der Waals surface area (Å²) in [6, 6.07) is 9.17. The van der Waals surface area contributed by atoms with Gasteiger partial charge in [0, 0.05) is 12.1 Å². The van der Waals surface area contributed by atoms with Crippen LogP contribution in [0.15, 0.2) is 54.9 Å². The molecule has 9 heteroatoms. The third-order valence-corrected chi connectivity index (χ3v) is 3.36. The minimum atomic E-state index is -4.53. The lowest BCUT2D eigenvalue weighted by molar-refractivity contribution is -0.136. The largest absolute Gasteiger partial charge is 0.418 e. The smallest absolute Gasteiger partial charge is 0.340 e. The number of anilines is 4. The molecule has 0 fully saturated rings. The van der Waals surface area contributed by atoms with E-state index < -0.39 is 23.4 Å². The lowest BCUT2D eigenvalue weighted by Gasteiger charge is -2.14. The van der Waals surface area contributed by atoms with Crippen LogP contribution in [0.4, 0.5) is 45.0 Å². The van der Waals surface area contributed by atoms with Crippen molar-refractivity contribution in [1.82, 2.24) is 9.97 Å². The average molecular weight is 366 g/mol. The van der Waals surface area contributed by atoms with Gasteiger partial charge in [0.15, 0.2) is 0 Å². The second-order valence-corrected chi connectivity index (χ2v) is 5.21. The normalized spacial score (nSPS) is 11.3. The Bertz CT molecular complexity index is 927. The highest BCUT2D eigenvalue weighted by Crippen LogP contribution is 2.35. The molecule has 0 bridgehead atoms. The van der Waals surface area contributed by atoms with Gasteiger partial charge in [-0.3, -0.25) is 0 Å². The molecule has 2 N–H and O–H groups in total. The van der Waals surface area contributed by atoms with Crippen LogP contribution in [-0.2, 0) is 6.18 Å². The van der Waals surface area contributed by atoms with Gasteiger partial charge in [0.2, 0.25) is 0 Å². The van der Waals surface area contributed by atoms with Gasteiger partial charge in [-0.1, -0.05) is 12.1 Å². The van der Waals surface area contributed by atoms with E-state index >= 15 is 0 Å². The molecule has 26 heavy (non-hydrogen) atoms. The first kappa shape index (κ1) is 17.6. The van der Waals surface area contributed by atoms with Crippen molar-refractivity contribution < 1.29 is 22.0 Å². The Morgan fingerprint density at radius 2 is 1.42 bits per heavy atom. The number of alkyl halides is 3. The van der Waals surface area contributed by atoms with Crippen LogP contribution in [0.2, 0.25) is 0 Å². The molecule has 1 heterocycles. The summed E-state index contributed by atoms with van der Waals surface area (Å²) in [6.45, 7) is 0. The van der Waals surface area contributed by atoms with Crippen molar-refractivity contribution in [3.8, 4) is 0 Å². The minimum Gasteiger partial charge on any atom is -0.340 e. The van der Waals surface area contributed by atoms with Gasteiger partial charge in [-0.25, -0.2) is 18.7 Å². The molecule has 0 unspecified atom stereocenters. The van der Waals surface area contributed by atoms with Crippen LogP contribution in [-0.4, -0.2) is 9.97 Å². The highest BCUT2D eigenvalue weighted by molar-refractivity contribution is 5.65. The maximum atomic E-state index is 13.7. The van der Waals surface area contributed by atoms with E-state index in [1.54, 1.807) is 0 Å². The van der Waals surface area contributed by atoms with E-state index in [2.05, 4.69) is 20.6 Å². The molecule has 0 saturated heterocycles. The fraction of sp³-hybridized carbons (Fsp3) is 0.0588. The SMILES string of the molecule is Fc1ccc(Nc2cc(Nc3ccccc3C(F)(F)F)ncn2)c(F)c1. The molecular weight excluding hydrogens is 355 g/mol. The number of para-hydroxylation sites is 1. The van der Waals surface area contributed by atoms with Crippen LogP contribution < -0.4 is 10.6 Å². The van der Waals surface area contributed by atoms with Gasteiger partial charge in [0.25, 0.3) is 0 Å². The van der Waals surface area contributed by atoms with E-state index in [0.717, 1.165) is 18.5 Å². The van der Waals surface area contributed by atoms with Gasteiger partial charge in [0.1, 0.15) is 29.6 Å². The van der Waals surface area contributed by atoms with E-state index in [9.17, 15) is 22.0 Å². The number of hydrogen-bond acceptors (Lipinski definition) is 4. The lowest BCUT2D eigenvalue weighted by atomic mass is 10.1. The standard InChI is InChI=1S/C17H11F5N4/c18-10-5-6-14(12(19)7-10)26-16-8-15(23-9-24-16)25-13-4-2-1-3-11(13)17(20,21)22/h1-9H,(H2,23,24,25,26). The molecule has 3 rings (SSSR count). The number of benzene rings is 2. The van der Waals surface area contributed by atoms with Gasteiger partial charge >= 0.3 is 6.18 Å². The van der Waals surface area contributed by atoms with Crippen LogP contribution in [0.5, 0.6) is 0 Å². The maximum absolute atomic E-state index is 13.7. The molecule has 0 amide bonds. The zero-order chi connectivity index (χ0) is 18.7. The van der Waals surface area contributed by atoms with Gasteiger partial charge in [-0.15, -0.1) is 0 Å². The minimum absolute atomic E-state index is 0.0354. The summed E-state index contributed by atoms with van der Waals surface area (Å²) in [6.07, 6.45) is -3.43. The summed E-state index contributed by atoms with van der Waals surface area (Å²) >= 11 is 0. The van der Waals surface area contributed by atoms with Crippen LogP contribution >= 0.6 is 0 Å². The Morgan fingerprint density at radius 3 is 2.08 bits per heavy atom. The molecule has 3 aromatic rings. The van der Waals surface area contributed by atoms with E-state index in [-0.39, 0.29) is 23.0 Å². The third-order valence-electron chi connectivity index (χ3n) is 3.36. The Labute approximate surface area is 144 Å². The molecular formula is C17H11F5N4. The quantitative estimate of drug-likeness (QED) is 0.619. The van der Waals surface area contributed by atoms with Gasteiger partial charge in [0.05, 0.1) is 16.9 Å². The van der Waals surface area contributed by atoms with Crippen LogP contribution in [0.25, 0.3) is 0 Å². The number of nitrogens with zero attached hydrogens (tertiary/aromatic N) is 2. The van der Waals surface area contributed by atoms with E-state index in [4.69, 9.17) is 0 Å². The molecule has 1 aromatic heterocycles. The molecule has 0 radical (unpaired) electrons. The average Bonchev–Trinajstić information content (AvgIpc) is 2.57. The number of halogens is 5. The summed E-state index contributed by atoms with van der Waals surface area (Å²) in [7, 11) is 0. The molecule has 4 nitrogen and oxygen atoms in total. The highest BCUT2D eigenvalue weighted by atomic mass is 19.4. The Balaban J connectivity index is 1.85. The number of rotatable bonds is 4. The van der Waals surface area contributed by atoms with E-state index in [0.29, 0.717) is 6.07 Å². The van der Waals surface area contributed by atoms with Crippen LogP contribution in [0.3, 0.4) is 0 Å². The Kier molecular flexibility index (Phi) is 4.70. The first-order valence-electron chi connectivity index (χ1n) is 7.30. The van der Waals surface area contributed by atoms with Crippen molar-refractivity contribution in [3.63, 3.8) is 0 Å². The fourth-order valence-electron chi connectivity index (χ4n) is 2.20. The van der Waals surface area contributed by atoms with Crippen molar-refractivity contribution in [2.45, 2.75) is 6.18 Å². The summed E-state index contributed by atoms with van der Waals surface area (Å²) < 4.78 is 65.7. The number of hydrogen-bond donors (Lipinski definition) is 2.